The van der Waals surface area contributed by atoms with Crippen molar-refractivity contribution in [2.75, 3.05) is 13.2 Å². The SMILES string of the molecule is O=C(COc1ccc([SH](c2ccccc2)c2ccccc2)cc1)OCCC(F)(F)F. The van der Waals surface area contributed by atoms with Gasteiger partial charge in [-0.25, -0.2) is 4.79 Å². The molecule has 3 nitrogen and oxygen atoms in total. The molecule has 0 unspecified atom stereocenters. The second-order valence-electron chi connectivity index (χ2n) is 6.37. The Balaban J connectivity index is 1.65. The summed E-state index contributed by atoms with van der Waals surface area (Å²) in [6.45, 7) is -1.15. The molecule has 0 saturated carbocycles. The van der Waals surface area contributed by atoms with Crippen LogP contribution in [0.1, 0.15) is 6.42 Å². The standard InChI is InChI=1S/C23H21F3O3S/c24-23(25,26)15-16-28-22(27)17-29-18-11-13-21(14-12-18)30(19-7-3-1-4-8-19)20-9-5-2-6-10-20/h1-14,30H,15-17H2. The number of thiol groups is 1. The van der Waals surface area contributed by atoms with Gasteiger partial charge in [0.2, 0.25) is 0 Å². The van der Waals surface area contributed by atoms with Gasteiger partial charge in [-0.1, -0.05) is 36.4 Å². The predicted molar refractivity (Wildman–Crippen MR) is 110 cm³/mol. The van der Waals surface area contributed by atoms with Crippen LogP contribution in [-0.4, -0.2) is 25.4 Å². The third kappa shape index (κ3) is 6.56. The van der Waals surface area contributed by atoms with Gasteiger partial charge >= 0.3 is 12.1 Å². The van der Waals surface area contributed by atoms with Gasteiger partial charge in [-0.15, -0.1) is 0 Å². The van der Waals surface area contributed by atoms with Crippen LogP contribution in [0.25, 0.3) is 0 Å². The van der Waals surface area contributed by atoms with Crippen molar-refractivity contribution in [1.82, 2.24) is 0 Å². The van der Waals surface area contributed by atoms with Crippen molar-refractivity contribution in [3.63, 3.8) is 0 Å². The molecule has 0 saturated heterocycles. The third-order valence-electron chi connectivity index (χ3n) is 4.13. The fraction of sp³-hybridized carbons (Fsp3) is 0.174. The fourth-order valence-corrected chi connectivity index (χ4v) is 5.04. The van der Waals surface area contributed by atoms with E-state index < -0.39 is 42.7 Å². The quantitative estimate of drug-likeness (QED) is 0.347. The molecule has 0 bridgehead atoms. The molecule has 0 atom stereocenters. The molecule has 30 heavy (non-hydrogen) atoms. The Bertz CT molecular complexity index is 890. The van der Waals surface area contributed by atoms with Gasteiger partial charge in [0.15, 0.2) is 6.61 Å². The van der Waals surface area contributed by atoms with Crippen molar-refractivity contribution >= 4 is 16.9 Å². The lowest BCUT2D eigenvalue weighted by molar-refractivity contribution is -0.160. The molecule has 3 aromatic rings. The Hall–Kier alpha value is -2.93. The van der Waals surface area contributed by atoms with Gasteiger partial charge in [0.25, 0.3) is 0 Å². The number of hydrogen-bond acceptors (Lipinski definition) is 3. The smallest absolute Gasteiger partial charge is 0.392 e. The number of rotatable bonds is 8. The summed E-state index contributed by atoms with van der Waals surface area (Å²) in [5, 5.41) is 0. The van der Waals surface area contributed by atoms with Crippen molar-refractivity contribution in [2.45, 2.75) is 27.3 Å². The maximum absolute atomic E-state index is 12.1. The van der Waals surface area contributed by atoms with E-state index in [1.54, 1.807) is 12.1 Å². The molecule has 0 N–H and O–H groups in total. The lowest BCUT2D eigenvalue weighted by atomic mass is 10.3. The topological polar surface area (TPSA) is 35.5 Å². The first kappa shape index (κ1) is 21.8. The third-order valence-corrected chi connectivity index (χ3v) is 6.57. The molecule has 0 amide bonds. The molecule has 158 valence electrons. The summed E-state index contributed by atoms with van der Waals surface area (Å²) >= 11 is 0. The van der Waals surface area contributed by atoms with Gasteiger partial charge in [0, 0.05) is 0 Å². The Morgan fingerprint density at radius 1 is 0.767 bits per heavy atom. The molecule has 0 radical (unpaired) electrons. The summed E-state index contributed by atoms with van der Waals surface area (Å²) in [5.41, 5.74) is 0. The van der Waals surface area contributed by atoms with Crippen LogP contribution in [0.3, 0.4) is 0 Å². The summed E-state index contributed by atoms with van der Waals surface area (Å²) in [4.78, 5) is 15.1. The molecule has 0 aliphatic heterocycles. The van der Waals surface area contributed by atoms with E-state index in [9.17, 15) is 18.0 Å². The highest BCUT2D eigenvalue weighted by Gasteiger charge is 2.27. The van der Waals surface area contributed by atoms with Crippen molar-refractivity contribution in [3.8, 4) is 5.75 Å². The molecule has 0 aromatic heterocycles. The molecular weight excluding hydrogens is 413 g/mol. The van der Waals surface area contributed by atoms with Crippen LogP contribution in [0.4, 0.5) is 13.2 Å². The molecule has 3 aromatic carbocycles. The van der Waals surface area contributed by atoms with Crippen LogP contribution in [0.5, 0.6) is 5.75 Å². The molecule has 7 heteroatoms. The second-order valence-corrected chi connectivity index (χ2v) is 8.59. The van der Waals surface area contributed by atoms with Crippen molar-refractivity contribution < 1.29 is 27.4 Å². The molecule has 0 aliphatic rings. The van der Waals surface area contributed by atoms with Crippen LogP contribution >= 0.6 is 10.9 Å². The van der Waals surface area contributed by atoms with Crippen molar-refractivity contribution in [2.24, 2.45) is 0 Å². The van der Waals surface area contributed by atoms with E-state index in [0.29, 0.717) is 5.75 Å². The first-order valence-electron chi connectivity index (χ1n) is 9.28. The van der Waals surface area contributed by atoms with Crippen LogP contribution in [0.15, 0.2) is 99.6 Å². The first-order chi connectivity index (χ1) is 14.4. The fourth-order valence-electron chi connectivity index (χ4n) is 2.76. The van der Waals surface area contributed by atoms with Crippen LogP contribution in [0, 0.1) is 0 Å². The number of hydrogen-bond donors (Lipinski definition) is 1. The zero-order valence-electron chi connectivity index (χ0n) is 16.0. The minimum absolute atomic E-state index is 0.441. The van der Waals surface area contributed by atoms with Gasteiger partial charge in [-0.05, 0) is 63.2 Å². The Morgan fingerprint density at radius 2 is 1.27 bits per heavy atom. The van der Waals surface area contributed by atoms with Gasteiger partial charge in [-0.3, -0.25) is 0 Å². The average Bonchev–Trinajstić information content (AvgIpc) is 2.74. The number of alkyl halides is 3. The number of esters is 1. The lowest BCUT2D eigenvalue weighted by Gasteiger charge is -2.23. The molecule has 3 rings (SSSR count). The maximum atomic E-state index is 12.1. The van der Waals surface area contributed by atoms with Crippen LogP contribution < -0.4 is 4.74 Å². The zero-order chi connectivity index (χ0) is 21.4. The summed E-state index contributed by atoms with van der Waals surface area (Å²) < 4.78 is 46.1. The van der Waals surface area contributed by atoms with Crippen molar-refractivity contribution in [3.05, 3.63) is 84.9 Å². The molecule has 0 heterocycles. The highest BCUT2D eigenvalue weighted by molar-refractivity contribution is 8.17. The number of carbonyl (C=O) groups excluding carboxylic acids is 1. The van der Waals surface area contributed by atoms with Crippen LogP contribution in [-0.2, 0) is 9.53 Å². The summed E-state index contributed by atoms with van der Waals surface area (Å²) in [6, 6.07) is 27.8. The summed E-state index contributed by atoms with van der Waals surface area (Å²) in [7, 11) is -0.753. The number of benzene rings is 3. The van der Waals surface area contributed by atoms with Gasteiger partial charge < -0.3 is 9.47 Å². The number of halogens is 3. The van der Waals surface area contributed by atoms with E-state index >= 15 is 0 Å². The second kappa shape index (κ2) is 10.2. The van der Waals surface area contributed by atoms with E-state index in [0.717, 1.165) is 4.90 Å². The molecule has 0 spiro atoms. The first-order valence-corrected chi connectivity index (χ1v) is 10.6. The van der Waals surface area contributed by atoms with Gasteiger partial charge in [-0.2, -0.15) is 24.1 Å². The summed E-state index contributed by atoms with van der Waals surface area (Å²) in [6.07, 6.45) is -5.53. The highest BCUT2D eigenvalue weighted by atomic mass is 32.2. The Labute approximate surface area is 175 Å². The van der Waals surface area contributed by atoms with Crippen LogP contribution in [0.2, 0.25) is 0 Å². The Kier molecular flexibility index (Phi) is 7.41. The molecule has 0 aliphatic carbocycles. The summed E-state index contributed by atoms with van der Waals surface area (Å²) in [5.74, 6) is -0.387. The number of carbonyl (C=O) groups is 1. The maximum Gasteiger partial charge on any atom is 0.392 e. The minimum atomic E-state index is -4.35. The zero-order valence-corrected chi connectivity index (χ0v) is 16.9. The van der Waals surface area contributed by atoms with E-state index in [-0.39, 0.29) is 0 Å². The van der Waals surface area contributed by atoms with Gasteiger partial charge in [0.1, 0.15) is 12.4 Å². The largest absolute Gasteiger partial charge is 0.482 e. The average molecular weight is 434 g/mol. The van der Waals surface area contributed by atoms with E-state index in [1.165, 1.54) is 9.79 Å². The highest BCUT2D eigenvalue weighted by Crippen LogP contribution is 2.51. The van der Waals surface area contributed by atoms with Gasteiger partial charge in [0.05, 0.1) is 6.42 Å². The lowest BCUT2D eigenvalue weighted by Crippen LogP contribution is -2.19. The van der Waals surface area contributed by atoms with Crippen molar-refractivity contribution in [1.29, 1.82) is 0 Å². The number of ether oxygens (including phenoxy) is 2. The molecular formula is C23H21F3O3S. The van der Waals surface area contributed by atoms with E-state index in [1.807, 2.05) is 48.5 Å². The minimum Gasteiger partial charge on any atom is -0.482 e. The normalized spacial score (nSPS) is 11.6. The monoisotopic (exact) mass is 434 g/mol. The predicted octanol–water partition coefficient (Wildman–Crippen LogP) is 6.04. The van der Waals surface area contributed by atoms with E-state index in [2.05, 4.69) is 29.0 Å². The van der Waals surface area contributed by atoms with E-state index in [4.69, 9.17) is 4.74 Å². The molecule has 0 fully saturated rings. The Morgan fingerprint density at radius 3 is 1.77 bits per heavy atom.